The molecule has 0 spiro atoms. The van der Waals surface area contributed by atoms with Gasteiger partial charge in [0.15, 0.2) is 0 Å². The largest absolute Gasteiger partial charge is 0.458 e. The number of thiazole rings is 1. The lowest BCUT2D eigenvalue weighted by atomic mass is 10.1. The van der Waals surface area contributed by atoms with Crippen LogP contribution in [0.2, 0.25) is 0 Å². The van der Waals surface area contributed by atoms with Gasteiger partial charge in [0.25, 0.3) is 0 Å². The third-order valence-corrected chi connectivity index (χ3v) is 4.31. The number of hydrogen-bond acceptors (Lipinski definition) is 4. The number of benzene rings is 2. The highest BCUT2D eigenvalue weighted by molar-refractivity contribution is 7.18. The van der Waals surface area contributed by atoms with Crippen molar-refractivity contribution in [3.63, 3.8) is 0 Å². The minimum absolute atomic E-state index is 0.00866. The van der Waals surface area contributed by atoms with Crippen molar-refractivity contribution in [2.24, 2.45) is 0 Å². The molecule has 3 aromatic rings. The van der Waals surface area contributed by atoms with Crippen molar-refractivity contribution in [1.29, 1.82) is 0 Å². The van der Waals surface area contributed by atoms with Crippen LogP contribution in [0.15, 0.2) is 42.5 Å². The van der Waals surface area contributed by atoms with E-state index in [1.165, 1.54) is 11.3 Å². The summed E-state index contributed by atoms with van der Waals surface area (Å²) in [5.41, 5.74) is 1.03. The molecule has 6 heteroatoms. The van der Waals surface area contributed by atoms with Crippen molar-refractivity contribution < 1.29 is 18.3 Å². The monoisotopic (exact) mass is 333 g/mol. The van der Waals surface area contributed by atoms with Crippen molar-refractivity contribution in [1.82, 2.24) is 4.98 Å². The van der Waals surface area contributed by atoms with Gasteiger partial charge < -0.3 is 4.74 Å². The summed E-state index contributed by atoms with van der Waals surface area (Å²) in [6.07, 6.45) is 0.0908. The Bertz CT molecular complexity index is 814. The van der Waals surface area contributed by atoms with Gasteiger partial charge in [0.2, 0.25) is 0 Å². The number of carbonyl (C=O) groups is 1. The van der Waals surface area contributed by atoms with E-state index in [9.17, 15) is 13.6 Å². The van der Waals surface area contributed by atoms with Gasteiger partial charge in [-0.1, -0.05) is 12.1 Å². The Morgan fingerprint density at radius 1 is 1.17 bits per heavy atom. The molecular formula is C17H13F2NO2S. The standard InChI is InChI=1S/C17H13F2NO2S/c18-12-6-7-13(19)11(9-12)5-8-17(21)22-10-16-20-14-3-1-2-4-15(14)23-16/h1-4,6-7,9H,5,8,10H2. The van der Waals surface area contributed by atoms with Gasteiger partial charge in [-0.15, -0.1) is 11.3 Å². The fourth-order valence-electron chi connectivity index (χ4n) is 2.17. The maximum absolute atomic E-state index is 13.5. The molecular weight excluding hydrogens is 320 g/mol. The third-order valence-electron chi connectivity index (χ3n) is 3.30. The van der Waals surface area contributed by atoms with Crippen LogP contribution in [0.5, 0.6) is 0 Å². The van der Waals surface area contributed by atoms with E-state index >= 15 is 0 Å². The molecule has 118 valence electrons. The number of aryl methyl sites for hydroxylation is 1. The Labute approximate surface area is 135 Å². The van der Waals surface area contributed by atoms with Crippen LogP contribution in [0, 0.1) is 11.6 Å². The van der Waals surface area contributed by atoms with E-state index in [0.717, 1.165) is 28.4 Å². The Morgan fingerprint density at radius 2 is 2.00 bits per heavy atom. The number of para-hydroxylation sites is 1. The van der Waals surface area contributed by atoms with Crippen LogP contribution in [0.25, 0.3) is 10.2 Å². The van der Waals surface area contributed by atoms with Crippen molar-refractivity contribution in [2.75, 3.05) is 0 Å². The van der Waals surface area contributed by atoms with Crippen molar-refractivity contribution in [2.45, 2.75) is 19.4 Å². The van der Waals surface area contributed by atoms with E-state index in [1.54, 1.807) is 0 Å². The van der Waals surface area contributed by atoms with E-state index in [4.69, 9.17) is 4.74 Å². The second-order valence-corrected chi connectivity index (χ2v) is 6.09. The van der Waals surface area contributed by atoms with Gasteiger partial charge in [-0.2, -0.15) is 0 Å². The molecule has 0 bridgehead atoms. The molecule has 0 aliphatic carbocycles. The number of fused-ring (bicyclic) bond motifs is 1. The topological polar surface area (TPSA) is 39.2 Å². The smallest absolute Gasteiger partial charge is 0.306 e. The normalized spacial score (nSPS) is 10.9. The summed E-state index contributed by atoms with van der Waals surface area (Å²) in [5, 5.41) is 0.705. The molecule has 0 unspecified atom stereocenters. The molecule has 0 fully saturated rings. The highest BCUT2D eigenvalue weighted by atomic mass is 32.1. The number of aromatic nitrogens is 1. The first-order chi connectivity index (χ1) is 11.1. The predicted octanol–water partition coefficient (Wildman–Crippen LogP) is 4.25. The second-order valence-electron chi connectivity index (χ2n) is 4.97. The lowest BCUT2D eigenvalue weighted by molar-refractivity contribution is -0.144. The summed E-state index contributed by atoms with van der Waals surface area (Å²) < 4.78 is 32.7. The van der Waals surface area contributed by atoms with Gasteiger partial charge in [0.05, 0.1) is 10.2 Å². The molecule has 0 aliphatic heterocycles. The highest BCUT2D eigenvalue weighted by Gasteiger charge is 2.10. The fourth-order valence-corrected chi connectivity index (χ4v) is 3.05. The summed E-state index contributed by atoms with van der Waals surface area (Å²) in [7, 11) is 0. The number of carbonyl (C=O) groups excluding carboxylic acids is 1. The maximum atomic E-state index is 13.5. The molecule has 0 saturated heterocycles. The van der Waals surface area contributed by atoms with Crippen molar-refractivity contribution in [3.05, 3.63) is 64.7 Å². The zero-order valence-electron chi connectivity index (χ0n) is 12.1. The van der Waals surface area contributed by atoms with Crippen LogP contribution in [-0.4, -0.2) is 11.0 Å². The summed E-state index contributed by atoms with van der Waals surface area (Å²) >= 11 is 1.46. The Balaban J connectivity index is 1.54. The summed E-state index contributed by atoms with van der Waals surface area (Å²) in [6.45, 7) is 0.0871. The van der Waals surface area contributed by atoms with Gasteiger partial charge in [-0.25, -0.2) is 13.8 Å². The number of ether oxygens (including phenoxy) is 1. The molecule has 0 atom stereocenters. The molecule has 23 heavy (non-hydrogen) atoms. The van der Waals surface area contributed by atoms with Crippen LogP contribution >= 0.6 is 11.3 Å². The van der Waals surface area contributed by atoms with Gasteiger partial charge in [-0.05, 0) is 42.3 Å². The van der Waals surface area contributed by atoms with Crippen LogP contribution in [0.1, 0.15) is 17.0 Å². The van der Waals surface area contributed by atoms with Gasteiger partial charge in [-0.3, -0.25) is 4.79 Å². The Morgan fingerprint density at radius 3 is 2.83 bits per heavy atom. The van der Waals surface area contributed by atoms with E-state index in [-0.39, 0.29) is 25.0 Å². The van der Waals surface area contributed by atoms with E-state index in [0.29, 0.717) is 5.01 Å². The summed E-state index contributed by atoms with van der Waals surface area (Å²) in [5.74, 6) is -1.51. The molecule has 0 saturated carbocycles. The van der Waals surface area contributed by atoms with Crippen LogP contribution in [0.4, 0.5) is 8.78 Å². The molecule has 0 N–H and O–H groups in total. The average Bonchev–Trinajstić information content (AvgIpc) is 2.96. The SMILES string of the molecule is O=C(CCc1cc(F)ccc1F)OCc1nc2ccccc2s1. The van der Waals surface area contributed by atoms with Crippen molar-refractivity contribution in [3.8, 4) is 0 Å². The van der Waals surface area contributed by atoms with Crippen LogP contribution < -0.4 is 0 Å². The fraction of sp³-hybridized carbons (Fsp3) is 0.176. The number of halogens is 2. The third kappa shape index (κ3) is 3.90. The molecule has 3 rings (SSSR count). The first kappa shape index (κ1) is 15.6. The number of hydrogen-bond donors (Lipinski definition) is 0. The number of esters is 1. The number of rotatable bonds is 5. The van der Waals surface area contributed by atoms with Crippen LogP contribution in [-0.2, 0) is 22.6 Å². The summed E-state index contributed by atoms with van der Waals surface area (Å²) in [6, 6.07) is 10.8. The summed E-state index contributed by atoms with van der Waals surface area (Å²) in [4.78, 5) is 16.1. The van der Waals surface area contributed by atoms with Crippen molar-refractivity contribution >= 4 is 27.5 Å². The molecule has 0 radical (unpaired) electrons. The van der Waals surface area contributed by atoms with E-state index in [1.807, 2.05) is 24.3 Å². The quantitative estimate of drug-likeness (QED) is 0.655. The van der Waals surface area contributed by atoms with E-state index in [2.05, 4.69) is 4.98 Å². The molecule has 1 aromatic heterocycles. The lowest BCUT2D eigenvalue weighted by Gasteiger charge is -2.04. The first-order valence-electron chi connectivity index (χ1n) is 7.06. The van der Waals surface area contributed by atoms with Gasteiger partial charge >= 0.3 is 5.97 Å². The molecule has 2 aromatic carbocycles. The number of nitrogens with zero attached hydrogens (tertiary/aromatic N) is 1. The Kier molecular flexibility index (Phi) is 4.62. The molecule has 1 heterocycles. The lowest BCUT2D eigenvalue weighted by Crippen LogP contribution is -2.06. The average molecular weight is 333 g/mol. The first-order valence-corrected chi connectivity index (χ1v) is 7.87. The predicted molar refractivity (Wildman–Crippen MR) is 84.1 cm³/mol. The van der Waals surface area contributed by atoms with E-state index < -0.39 is 17.6 Å². The zero-order chi connectivity index (χ0) is 16.2. The molecule has 0 aliphatic rings. The minimum atomic E-state index is -0.524. The van der Waals surface area contributed by atoms with Crippen LogP contribution in [0.3, 0.4) is 0 Å². The molecule has 0 amide bonds. The van der Waals surface area contributed by atoms with Gasteiger partial charge in [0.1, 0.15) is 23.2 Å². The highest BCUT2D eigenvalue weighted by Crippen LogP contribution is 2.22. The zero-order valence-corrected chi connectivity index (χ0v) is 12.9. The van der Waals surface area contributed by atoms with Gasteiger partial charge in [0, 0.05) is 6.42 Å². The second kappa shape index (κ2) is 6.83. The molecule has 3 nitrogen and oxygen atoms in total. The maximum Gasteiger partial charge on any atom is 0.306 e. The Hall–Kier alpha value is -2.34. The minimum Gasteiger partial charge on any atom is -0.458 e.